The molecule has 22 heavy (non-hydrogen) atoms. The number of rotatable bonds is 9. The molecule has 0 spiro atoms. The SMILES string of the molecule is CC=CC(=O)OCCCC1([Si](OC)(OC)OC)CCCCO1. The number of carbonyl (C=O) groups is 1. The Morgan fingerprint density at radius 2 is 1.91 bits per heavy atom. The Morgan fingerprint density at radius 1 is 1.23 bits per heavy atom. The predicted octanol–water partition coefficient (Wildman–Crippen LogP) is 2.24. The van der Waals surface area contributed by atoms with Gasteiger partial charge in [-0.2, -0.15) is 0 Å². The Balaban J connectivity index is 2.70. The van der Waals surface area contributed by atoms with Crippen molar-refractivity contribution in [2.24, 2.45) is 0 Å². The zero-order valence-corrected chi connectivity index (χ0v) is 15.1. The average molecular weight is 332 g/mol. The van der Waals surface area contributed by atoms with Crippen molar-refractivity contribution >= 4 is 14.8 Å². The first-order valence-electron chi connectivity index (χ1n) is 7.68. The van der Waals surface area contributed by atoms with Crippen LogP contribution >= 0.6 is 0 Å². The van der Waals surface area contributed by atoms with Gasteiger partial charge in [0.05, 0.1) is 6.61 Å². The van der Waals surface area contributed by atoms with Gasteiger partial charge in [-0.15, -0.1) is 0 Å². The van der Waals surface area contributed by atoms with Gasteiger partial charge in [-0.25, -0.2) is 4.79 Å². The third kappa shape index (κ3) is 4.39. The van der Waals surface area contributed by atoms with Gasteiger partial charge in [0.25, 0.3) is 0 Å². The molecule has 1 heterocycles. The van der Waals surface area contributed by atoms with E-state index < -0.39 is 14.0 Å². The second-order valence-electron chi connectivity index (χ2n) is 5.24. The molecule has 7 heteroatoms. The molecule has 0 aromatic heterocycles. The predicted molar refractivity (Wildman–Crippen MR) is 84.3 cm³/mol. The van der Waals surface area contributed by atoms with Gasteiger partial charge in [-0.1, -0.05) is 6.08 Å². The highest BCUT2D eigenvalue weighted by molar-refractivity contribution is 6.64. The van der Waals surface area contributed by atoms with E-state index in [4.69, 9.17) is 22.8 Å². The van der Waals surface area contributed by atoms with Crippen molar-refractivity contribution in [2.75, 3.05) is 34.5 Å². The van der Waals surface area contributed by atoms with Crippen LogP contribution in [-0.4, -0.2) is 54.5 Å². The van der Waals surface area contributed by atoms with Crippen molar-refractivity contribution in [3.63, 3.8) is 0 Å². The van der Waals surface area contributed by atoms with Gasteiger partial charge >= 0.3 is 14.8 Å². The van der Waals surface area contributed by atoms with E-state index in [1.807, 2.05) is 0 Å². The fraction of sp³-hybridized carbons (Fsp3) is 0.800. The first-order chi connectivity index (χ1) is 10.6. The van der Waals surface area contributed by atoms with Crippen molar-refractivity contribution < 1.29 is 27.5 Å². The summed E-state index contributed by atoms with van der Waals surface area (Å²) in [6, 6.07) is 0. The van der Waals surface area contributed by atoms with Crippen molar-refractivity contribution in [1.82, 2.24) is 0 Å². The van der Waals surface area contributed by atoms with Crippen LogP contribution in [0.3, 0.4) is 0 Å². The molecule has 0 aromatic rings. The molecule has 0 aliphatic carbocycles. The smallest absolute Gasteiger partial charge is 0.463 e. The number of hydrogen-bond donors (Lipinski definition) is 0. The summed E-state index contributed by atoms with van der Waals surface area (Å²) in [5, 5.41) is -0.559. The van der Waals surface area contributed by atoms with Crippen molar-refractivity contribution in [3.8, 4) is 0 Å². The molecule has 1 atom stereocenters. The van der Waals surface area contributed by atoms with Crippen molar-refractivity contribution in [2.45, 2.75) is 44.3 Å². The normalized spacial score (nSPS) is 22.9. The van der Waals surface area contributed by atoms with E-state index >= 15 is 0 Å². The molecule has 128 valence electrons. The van der Waals surface area contributed by atoms with Crippen LogP contribution < -0.4 is 0 Å². The van der Waals surface area contributed by atoms with Crippen molar-refractivity contribution in [1.29, 1.82) is 0 Å². The minimum Gasteiger partial charge on any atom is -0.463 e. The molecular weight excluding hydrogens is 304 g/mol. The summed E-state index contributed by atoms with van der Waals surface area (Å²) in [5.74, 6) is -0.324. The molecule has 0 radical (unpaired) electrons. The third-order valence-corrected chi connectivity index (χ3v) is 7.36. The summed E-state index contributed by atoms with van der Waals surface area (Å²) in [6.45, 7) is 2.79. The Hall–Kier alpha value is -0.733. The van der Waals surface area contributed by atoms with E-state index in [1.165, 1.54) is 6.08 Å². The zero-order chi connectivity index (χ0) is 16.5. The molecule has 0 N–H and O–H groups in total. The molecule has 0 bridgehead atoms. The van der Waals surface area contributed by atoms with Crippen LogP contribution in [0.2, 0.25) is 0 Å². The lowest BCUT2D eigenvalue weighted by Gasteiger charge is -2.45. The summed E-state index contributed by atoms with van der Waals surface area (Å²) < 4.78 is 28.2. The van der Waals surface area contributed by atoms with E-state index in [0.717, 1.165) is 19.3 Å². The second-order valence-corrected chi connectivity index (χ2v) is 8.49. The van der Waals surface area contributed by atoms with Crippen molar-refractivity contribution in [3.05, 3.63) is 12.2 Å². The molecule has 1 rings (SSSR count). The molecule has 0 aromatic carbocycles. The lowest BCUT2D eigenvalue weighted by atomic mass is 10.0. The Labute approximate surface area is 134 Å². The summed E-state index contributed by atoms with van der Waals surface area (Å²) >= 11 is 0. The van der Waals surface area contributed by atoms with Crippen LogP contribution in [0.5, 0.6) is 0 Å². The Kier molecular flexibility index (Phi) is 8.27. The number of carbonyl (C=O) groups excluding carboxylic acids is 1. The fourth-order valence-corrected chi connectivity index (χ4v) is 5.83. The lowest BCUT2D eigenvalue weighted by molar-refractivity contribution is -0.138. The first kappa shape index (κ1) is 19.3. The topological polar surface area (TPSA) is 63.2 Å². The minimum absolute atomic E-state index is 0.324. The van der Waals surface area contributed by atoms with E-state index in [1.54, 1.807) is 34.3 Å². The maximum atomic E-state index is 11.3. The lowest BCUT2D eigenvalue weighted by Crippen LogP contribution is -2.66. The highest BCUT2D eigenvalue weighted by atomic mass is 28.4. The molecule has 1 saturated heterocycles. The molecule has 1 aliphatic heterocycles. The van der Waals surface area contributed by atoms with Gasteiger partial charge < -0.3 is 22.8 Å². The van der Waals surface area contributed by atoms with Crippen LogP contribution in [0, 0.1) is 0 Å². The van der Waals surface area contributed by atoms with Gasteiger partial charge in [-0.3, -0.25) is 0 Å². The first-order valence-corrected chi connectivity index (χ1v) is 9.41. The number of esters is 1. The van der Waals surface area contributed by atoms with Gasteiger partial charge in [-0.05, 0) is 39.0 Å². The third-order valence-electron chi connectivity index (χ3n) is 3.99. The second kappa shape index (κ2) is 9.42. The highest BCUT2D eigenvalue weighted by Gasteiger charge is 2.61. The molecule has 0 saturated carbocycles. The highest BCUT2D eigenvalue weighted by Crippen LogP contribution is 2.39. The van der Waals surface area contributed by atoms with Gasteiger partial charge in [0.1, 0.15) is 5.22 Å². The van der Waals surface area contributed by atoms with E-state index in [9.17, 15) is 4.79 Å². The van der Waals surface area contributed by atoms with Crippen LogP contribution in [-0.2, 0) is 27.5 Å². The van der Waals surface area contributed by atoms with Gasteiger partial charge in [0.2, 0.25) is 0 Å². The van der Waals surface area contributed by atoms with Crippen LogP contribution in [0.1, 0.15) is 39.0 Å². The van der Waals surface area contributed by atoms with Gasteiger partial charge in [0, 0.05) is 34.0 Å². The van der Waals surface area contributed by atoms with Gasteiger partial charge in [0.15, 0.2) is 0 Å². The van der Waals surface area contributed by atoms with E-state index in [0.29, 0.717) is 26.1 Å². The Bertz CT molecular complexity index is 353. The quantitative estimate of drug-likeness (QED) is 0.279. The number of hydrogen-bond acceptors (Lipinski definition) is 6. The summed E-state index contributed by atoms with van der Waals surface area (Å²) in [5.41, 5.74) is 0. The van der Waals surface area contributed by atoms with Crippen LogP contribution in [0.4, 0.5) is 0 Å². The molecule has 6 nitrogen and oxygen atoms in total. The molecular formula is C15H28O6Si. The van der Waals surface area contributed by atoms with Crippen LogP contribution in [0.25, 0.3) is 0 Å². The summed E-state index contributed by atoms with van der Waals surface area (Å²) in [6.07, 6.45) is 7.32. The maximum Gasteiger partial charge on any atom is 0.533 e. The molecule has 1 unspecified atom stereocenters. The average Bonchev–Trinajstić information content (AvgIpc) is 2.55. The number of allylic oxidation sites excluding steroid dienone is 1. The monoisotopic (exact) mass is 332 g/mol. The maximum absolute atomic E-state index is 11.3. The van der Waals surface area contributed by atoms with E-state index in [-0.39, 0.29) is 5.97 Å². The number of ether oxygens (including phenoxy) is 2. The zero-order valence-electron chi connectivity index (χ0n) is 14.1. The Morgan fingerprint density at radius 3 is 2.41 bits per heavy atom. The molecule has 0 amide bonds. The standard InChI is InChI=1S/C15H28O6Si/c1-5-9-14(16)20-12-8-11-15(10-6-7-13-21-15)22(17-2,18-3)19-4/h5,9H,6-8,10-13H2,1-4H3. The van der Waals surface area contributed by atoms with Crippen LogP contribution in [0.15, 0.2) is 12.2 Å². The van der Waals surface area contributed by atoms with E-state index in [2.05, 4.69) is 0 Å². The largest absolute Gasteiger partial charge is 0.533 e. The molecule has 1 fully saturated rings. The summed E-state index contributed by atoms with van der Waals surface area (Å²) in [4.78, 5) is 11.3. The fourth-order valence-electron chi connectivity index (χ4n) is 2.97. The molecule has 1 aliphatic rings. The summed E-state index contributed by atoms with van der Waals surface area (Å²) in [7, 11) is 1.87. The minimum atomic E-state index is -2.94.